The third kappa shape index (κ3) is 3.20. The fraction of sp³-hybridized carbons (Fsp3) is 0.267. The van der Waals surface area contributed by atoms with Crippen LogP contribution in [0.4, 0.5) is 14.6 Å². The van der Waals surface area contributed by atoms with Crippen LogP contribution < -0.4 is 15.6 Å². The van der Waals surface area contributed by atoms with E-state index in [2.05, 4.69) is 20.8 Å². The van der Waals surface area contributed by atoms with Gasteiger partial charge in [-0.1, -0.05) is 6.07 Å². The van der Waals surface area contributed by atoms with E-state index in [-0.39, 0.29) is 29.4 Å². The van der Waals surface area contributed by atoms with Crippen LogP contribution in [0.2, 0.25) is 0 Å². The molecular weight excluding hydrogens is 306 g/mol. The lowest BCUT2D eigenvalue weighted by atomic mass is 10.1. The lowest BCUT2D eigenvalue weighted by Crippen LogP contribution is -2.31. The Hall–Kier alpha value is -2.77. The summed E-state index contributed by atoms with van der Waals surface area (Å²) < 4.78 is 31.6. The Morgan fingerprint density at radius 1 is 1.30 bits per heavy atom. The predicted molar refractivity (Wildman–Crippen MR) is 77.6 cm³/mol. The first-order valence-corrected chi connectivity index (χ1v) is 6.96. The van der Waals surface area contributed by atoms with Crippen molar-refractivity contribution in [2.24, 2.45) is 5.92 Å². The van der Waals surface area contributed by atoms with Gasteiger partial charge in [0.2, 0.25) is 11.7 Å². The summed E-state index contributed by atoms with van der Waals surface area (Å²) in [4.78, 5) is 20.0. The van der Waals surface area contributed by atoms with Gasteiger partial charge in [0.25, 0.3) is 5.88 Å². The highest BCUT2D eigenvalue weighted by Gasteiger charge is 2.45. The average molecular weight is 320 g/mol. The smallest absolute Gasteiger partial charge is 0.258 e. The van der Waals surface area contributed by atoms with Gasteiger partial charge in [0, 0.05) is 24.4 Å². The van der Waals surface area contributed by atoms with E-state index in [1.165, 1.54) is 31.6 Å². The third-order valence-corrected chi connectivity index (χ3v) is 3.65. The Bertz CT molecular complexity index is 741. The Labute approximate surface area is 130 Å². The number of ether oxygens (including phenoxy) is 1. The minimum Gasteiger partial charge on any atom is -0.478 e. The number of amides is 1. The average Bonchev–Trinajstić information content (AvgIpc) is 3.33. The van der Waals surface area contributed by atoms with E-state index in [0.717, 1.165) is 6.07 Å². The van der Waals surface area contributed by atoms with Gasteiger partial charge in [-0.3, -0.25) is 15.6 Å². The van der Waals surface area contributed by atoms with Gasteiger partial charge in [-0.05, 0) is 24.0 Å². The van der Waals surface area contributed by atoms with Gasteiger partial charge in [-0.25, -0.2) is 18.7 Å². The molecule has 120 valence electrons. The standard InChI is InChI=1S/C15H14F2N4O2/c1-23-15-13(18-4-5-19-15)20-21-14(22)11-7-10(11)9-3-2-8(16)6-12(9)17/h2-6,10-11H,7H2,1H3,(H,18,20)(H,21,22)/t10-,11+/m1/s1. The van der Waals surface area contributed by atoms with Gasteiger partial charge >= 0.3 is 0 Å². The zero-order valence-corrected chi connectivity index (χ0v) is 12.2. The maximum absolute atomic E-state index is 13.7. The van der Waals surface area contributed by atoms with Crippen LogP contribution in [0.1, 0.15) is 17.9 Å². The SMILES string of the molecule is COc1nccnc1NNC(=O)[C@H]1C[C@@H]1c1ccc(F)cc1F. The molecule has 8 heteroatoms. The van der Waals surface area contributed by atoms with Crippen molar-refractivity contribution in [3.05, 3.63) is 47.8 Å². The largest absolute Gasteiger partial charge is 0.478 e. The zero-order chi connectivity index (χ0) is 16.4. The monoisotopic (exact) mass is 320 g/mol. The van der Waals surface area contributed by atoms with E-state index in [1.807, 2.05) is 0 Å². The summed E-state index contributed by atoms with van der Waals surface area (Å²) in [7, 11) is 1.44. The van der Waals surface area contributed by atoms with Gasteiger partial charge < -0.3 is 4.74 Å². The van der Waals surface area contributed by atoms with Gasteiger partial charge in [0.1, 0.15) is 11.6 Å². The maximum Gasteiger partial charge on any atom is 0.258 e. The van der Waals surface area contributed by atoms with Crippen molar-refractivity contribution < 1.29 is 18.3 Å². The van der Waals surface area contributed by atoms with Gasteiger partial charge in [0.15, 0.2) is 0 Å². The minimum absolute atomic E-state index is 0.240. The lowest BCUT2D eigenvalue weighted by molar-refractivity contribution is -0.121. The summed E-state index contributed by atoms with van der Waals surface area (Å²) in [6.45, 7) is 0. The Morgan fingerprint density at radius 3 is 2.83 bits per heavy atom. The number of hydrogen-bond donors (Lipinski definition) is 2. The second-order valence-electron chi connectivity index (χ2n) is 5.14. The first-order chi connectivity index (χ1) is 11.1. The molecule has 0 bridgehead atoms. The van der Waals surface area contributed by atoms with Crippen molar-refractivity contribution in [1.29, 1.82) is 0 Å². The highest BCUT2D eigenvalue weighted by molar-refractivity contribution is 5.84. The van der Waals surface area contributed by atoms with Crippen LogP contribution in [0.25, 0.3) is 0 Å². The summed E-state index contributed by atoms with van der Waals surface area (Å²) >= 11 is 0. The van der Waals surface area contributed by atoms with Gasteiger partial charge in [-0.2, -0.15) is 0 Å². The topological polar surface area (TPSA) is 76.1 Å². The highest BCUT2D eigenvalue weighted by atomic mass is 19.1. The van der Waals surface area contributed by atoms with Crippen molar-refractivity contribution in [2.45, 2.75) is 12.3 Å². The molecule has 0 spiro atoms. The number of benzene rings is 1. The van der Waals surface area contributed by atoms with Crippen LogP contribution in [0, 0.1) is 17.6 Å². The summed E-state index contributed by atoms with van der Waals surface area (Å²) in [6.07, 6.45) is 3.42. The molecule has 1 aromatic heterocycles. The number of hydrogen-bond acceptors (Lipinski definition) is 5. The molecule has 2 N–H and O–H groups in total. The summed E-state index contributed by atoms with van der Waals surface area (Å²) in [5.74, 6) is -1.67. The quantitative estimate of drug-likeness (QED) is 0.824. The van der Waals surface area contributed by atoms with E-state index < -0.39 is 11.6 Å². The maximum atomic E-state index is 13.7. The molecule has 1 amide bonds. The van der Waals surface area contributed by atoms with Gasteiger partial charge in [0.05, 0.1) is 7.11 Å². The van der Waals surface area contributed by atoms with E-state index in [9.17, 15) is 13.6 Å². The predicted octanol–water partition coefficient (Wildman–Crippen LogP) is 2.01. The molecular formula is C15H14F2N4O2. The molecule has 23 heavy (non-hydrogen) atoms. The molecule has 0 unspecified atom stereocenters. The number of hydrazine groups is 1. The van der Waals surface area contributed by atoms with Crippen molar-refractivity contribution in [1.82, 2.24) is 15.4 Å². The molecule has 1 aromatic carbocycles. The Balaban J connectivity index is 1.60. The van der Waals surface area contributed by atoms with E-state index in [1.54, 1.807) is 0 Å². The number of carbonyl (C=O) groups excluding carboxylic acids is 1. The Kier molecular flexibility index (Phi) is 4.05. The normalized spacial score (nSPS) is 19.1. The third-order valence-electron chi connectivity index (χ3n) is 3.65. The van der Waals surface area contributed by atoms with Crippen LogP contribution in [-0.2, 0) is 4.79 Å². The van der Waals surface area contributed by atoms with Crippen LogP contribution in [-0.4, -0.2) is 23.0 Å². The summed E-state index contributed by atoms with van der Waals surface area (Å²) in [5, 5.41) is 0. The molecule has 2 atom stereocenters. The molecule has 1 fully saturated rings. The summed E-state index contributed by atoms with van der Waals surface area (Å²) in [6, 6.07) is 3.39. The zero-order valence-electron chi connectivity index (χ0n) is 12.2. The Morgan fingerprint density at radius 2 is 2.09 bits per heavy atom. The number of aromatic nitrogens is 2. The number of anilines is 1. The number of nitrogens with one attached hydrogen (secondary N) is 2. The number of halogens is 2. The molecule has 1 aliphatic carbocycles. The molecule has 0 aliphatic heterocycles. The minimum atomic E-state index is -0.635. The fourth-order valence-corrected chi connectivity index (χ4v) is 2.40. The van der Waals surface area contributed by atoms with E-state index in [4.69, 9.17) is 4.74 Å². The number of carbonyl (C=O) groups is 1. The van der Waals surface area contributed by atoms with Crippen molar-refractivity contribution in [3.8, 4) is 5.88 Å². The van der Waals surface area contributed by atoms with Crippen LogP contribution in [0.3, 0.4) is 0 Å². The van der Waals surface area contributed by atoms with Crippen LogP contribution in [0.15, 0.2) is 30.6 Å². The molecule has 0 saturated heterocycles. The number of rotatable bonds is 5. The molecule has 6 nitrogen and oxygen atoms in total. The lowest BCUT2D eigenvalue weighted by Gasteiger charge is -2.10. The molecule has 3 rings (SSSR count). The number of nitrogens with zero attached hydrogens (tertiary/aromatic N) is 2. The molecule has 1 heterocycles. The molecule has 1 aliphatic rings. The fourth-order valence-electron chi connectivity index (χ4n) is 2.40. The summed E-state index contributed by atoms with van der Waals surface area (Å²) in [5.41, 5.74) is 5.48. The molecule has 0 radical (unpaired) electrons. The highest BCUT2D eigenvalue weighted by Crippen LogP contribution is 2.48. The molecule has 2 aromatic rings. The second-order valence-corrected chi connectivity index (χ2v) is 5.14. The van der Waals surface area contributed by atoms with E-state index in [0.29, 0.717) is 12.0 Å². The first-order valence-electron chi connectivity index (χ1n) is 6.96. The molecule has 1 saturated carbocycles. The first kappa shape index (κ1) is 15.1. The number of methoxy groups -OCH3 is 1. The second kappa shape index (κ2) is 6.15. The van der Waals surface area contributed by atoms with Crippen LogP contribution >= 0.6 is 0 Å². The van der Waals surface area contributed by atoms with Crippen molar-refractivity contribution >= 4 is 11.7 Å². The van der Waals surface area contributed by atoms with Crippen LogP contribution in [0.5, 0.6) is 5.88 Å². The van der Waals surface area contributed by atoms with E-state index >= 15 is 0 Å². The van der Waals surface area contributed by atoms with Crippen molar-refractivity contribution in [3.63, 3.8) is 0 Å². The van der Waals surface area contributed by atoms with Crippen molar-refractivity contribution in [2.75, 3.05) is 12.5 Å². The van der Waals surface area contributed by atoms with Gasteiger partial charge in [-0.15, -0.1) is 0 Å².